The van der Waals surface area contributed by atoms with E-state index in [0.717, 1.165) is 21.7 Å². The predicted octanol–water partition coefficient (Wildman–Crippen LogP) is 4.30. The van der Waals surface area contributed by atoms with E-state index in [1.165, 1.54) is 11.3 Å². The van der Waals surface area contributed by atoms with Crippen LogP contribution < -0.4 is 10.6 Å². The maximum atomic E-state index is 12.5. The summed E-state index contributed by atoms with van der Waals surface area (Å²) in [5.41, 5.74) is 3.17. The number of rotatable bonds is 5. The minimum absolute atomic E-state index is 0.0356. The molecule has 0 aliphatic carbocycles. The lowest BCUT2D eigenvalue weighted by Crippen LogP contribution is -2.18. The van der Waals surface area contributed by atoms with E-state index in [1.54, 1.807) is 31.1 Å². The van der Waals surface area contributed by atoms with Gasteiger partial charge >= 0.3 is 0 Å². The topological polar surface area (TPSA) is 98.1 Å². The van der Waals surface area contributed by atoms with E-state index in [2.05, 4.69) is 21.7 Å². The predicted molar refractivity (Wildman–Crippen MR) is 125 cm³/mol. The van der Waals surface area contributed by atoms with Crippen LogP contribution >= 0.6 is 11.3 Å². The summed E-state index contributed by atoms with van der Waals surface area (Å²) in [7, 11) is 3.34. The SMILES string of the molecule is CNC(=O)c1cc(-c2ccc(C(C)(C)C#N)cc2)sc1Nc1ccc2c(n1)CN(C)C2=O. The van der Waals surface area contributed by atoms with E-state index in [-0.39, 0.29) is 11.8 Å². The van der Waals surface area contributed by atoms with Gasteiger partial charge in [-0.25, -0.2) is 4.98 Å². The number of anilines is 2. The van der Waals surface area contributed by atoms with Gasteiger partial charge in [-0.2, -0.15) is 5.26 Å². The Morgan fingerprint density at radius 3 is 2.59 bits per heavy atom. The van der Waals surface area contributed by atoms with Crippen molar-refractivity contribution >= 4 is 34.0 Å². The molecule has 0 spiro atoms. The minimum atomic E-state index is -0.567. The van der Waals surface area contributed by atoms with Crippen molar-refractivity contribution in [2.45, 2.75) is 25.8 Å². The van der Waals surface area contributed by atoms with Gasteiger partial charge in [-0.1, -0.05) is 24.3 Å². The number of hydrogen-bond acceptors (Lipinski definition) is 6. The van der Waals surface area contributed by atoms with Crippen LogP contribution in [0.4, 0.5) is 10.8 Å². The van der Waals surface area contributed by atoms with Crippen LogP contribution in [0.1, 0.15) is 45.8 Å². The van der Waals surface area contributed by atoms with E-state index < -0.39 is 5.41 Å². The normalized spacial score (nSPS) is 13.0. The fourth-order valence-corrected chi connectivity index (χ4v) is 4.62. The molecule has 2 amide bonds. The Bertz CT molecular complexity index is 1250. The summed E-state index contributed by atoms with van der Waals surface area (Å²) in [5.74, 6) is 0.344. The Kier molecular flexibility index (Phi) is 5.45. The molecule has 162 valence electrons. The Morgan fingerprint density at radius 2 is 1.94 bits per heavy atom. The molecule has 0 bridgehead atoms. The Labute approximate surface area is 190 Å². The van der Waals surface area contributed by atoms with Crippen LogP contribution in [0.25, 0.3) is 10.4 Å². The largest absolute Gasteiger partial charge is 0.355 e. The van der Waals surface area contributed by atoms with Crippen LogP contribution in [0.5, 0.6) is 0 Å². The molecule has 0 radical (unpaired) electrons. The lowest BCUT2D eigenvalue weighted by Gasteiger charge is -2.15. The first kappa shape index (κ1) is 21.5. The van der Waals surface area contributed by atoms with Gasteiger partial charge < -0.3 is 15.5 Å². The zero-order valence-electron chi connectivity index (χ0n) is 18.3. The Hall–Kier alpha value is -3.70. The second kappa shape index (κ2) is 8.09. The number of amides is 2. The molecular weight excluding hydrogens is 422 g/mol. The number of nitrogens with one attached hydrogen (secondary N) is 2. The third-order valence-corrected chi connectivity index (χ3v) is 6.65. The fourth-order valence-electron chi connectivity index (χ4n) is 3.55. The summed E-state index contributed by atoms with van der Waals surface area (Å²) in [6.45, 7) is 4.23. The first-order valence-electron chi connectivity index (χ1n) is 10.1. The van der Waals surface area contributed by atoms with Gasteiger partial charge in [-0.05, 0) is 43.2 Å². The maximum absolute atomic E-state index is 12.5. The Balaban J connectivity index is 1.67. The highest BCUT2D eigenvalue weighted by atomic mass is 32.1. The molecule has 1 aliphatic rings. The van der Waals surface area contributed by atoms with Crippen molar-refractivity contribution in [1.82, 2.24) is 15.2 Å². The lowest BCUT2D eigenvalue weighted by molar-refractivity contribution is 0.0816. The van der Waals surface area contributed by atoms with Gasteiger partial charge in [-0.3, -0.25) is 9.59 Å². The van der Waals surface area contributed by atoms with Crippen molar-refractivity contribution in [2.75, 3.05) is 19.4 Å². The van der Waals surface area contributed by atoms with Gasteiger partial charge in [0.05, 0.1) is 34.8 Å². The van der Waals surface area contributed by atoms with Crippen molar-refractivity contribution in [3.8, 4) is 16.5 Å². The summed E-state index contributed by atoms with van der Waals surface area (Å²) in [6.07, 6.45) is 0. The molecule has 2 aromatic heterocycles. The van der Waals surface area contributed by atoms with E-state index in [0.29, 0.717) is 28.5 Å². The molecule has 0 saturated carbocycles. The molecule has 0 unspecified atom stereocenters. The van der Waals surface area contributed by atoms with Crippen LogP contribution in [0.2, 0.25) is 0 Å². The van der Waals surface area contributed by atoms with Gasteiger partial charge in [0.1, 0.15) is 10.8 Å². The average Bonchev–Trinajstić information content (AvgIpc) is 3.34. The summed E-state index contributed by atoms with van der Waals surface area (Å²) in [4.78, 5) is 31.7. The molecule has 0 atom stereocenters. The third kappa shape index (κ3) is 3.83. The number of hydrogen-bond donors (Lipinski definition) is 2. The molecular formula is C24H23N5O2S. The van der Waals surface area contributed by atoms with Crippen molar-refractivity contribution in [3.63, 3.8) is 0 Å². The van der Waals surface area contributed by atoms with Gasteiger partial charge in [0.25, 0.3) is 11.8 Å². The molecule has 32 heavy (non-hydrogen) atoms. The monoisotopic (exact) mass is 445 g/mol. The summed E-state index contributed by atoms with van der Waals surface area (Å²) in [6, 6.07) is 15.5. The number of fused-ring (bicyclic) bond motifs is 1. The van der Waals surface area contributed by atoms with Crippen LogP contribution in [-0.2, 0) is 12.0 Å². The van der Waals surface area contributed by atoms with Crippen molar-refractivity contribution in [2.24, 2.45) is 0 Å². The number of nitrogens with zero attached hydrogens (tertiary/aromatic N) is 3. The molecule has 1 aromatic carbocycles. The zero-order chi connectivity index (χ0) is 23.0. The van der Waals surface area contributed by atoms with Gasteiger partial charge in [0, 0.05) is 19.0 Å². The second-order valence-electron chi connectivity index (χ2n) is 8.22. The van der Waals surface area contributed by atoms with Crippen molar-refractivity contribution in [1.29, 1.82) is 5.26 Å². The third-order valence-electron chi connectivity index (χ3n) is 5.55. The molecule has 7 nitrogen and oxygen atoms in total. The Morgan fingerprint density at radius 1 is 1.22 bits per heavy atom. The summed E-state index contributed by atoms with van der Waals surface area (Å²) < 4.78 is 0. The van der Waals surface area contributed by atoms with E-state index in [9.17, 15) is 14.9 Å². The van der Waals surface area contributed by atoms with Crippen LogP contribution in [-0.4, -0.2) is 35.8 Å². The van der Waals surface area contributed by atoms with Crippen LogP contribution in [0.3, 0.4) is 0 Å². The van der Waals surface area contributed by atoms with E-state index in [4.69, 9.17) is 0 Å². The number of thiophene rings is 1. The number of carbonyl (C=O) groups is 2. The smallest absolute Gasteiger partial charge is 0.255 e. The molecule has 8 heteroatoms. The number of nitriles is 1. The van der Waals surface area contributed by atoms with E-state index in [1.807, 2.05) is 44.2 Å². The van der Waals surface area contributed by atoms with Crippen LogP contribution in [0.15, 0.2) is 42.5 Å². The molecule has 3 heterocycles. The molecule has 2 N–H and O–H groups in total. The number of aromatic nitrogens is 1. The van der Waals surface area contributed by atoms with Gasteiger partial charge in [0.15, 0.2) is 0 Å². The van der Waals surface area contributed by atoms with Crippen molar-refractivity contribution < 1.29 is 9.59 Å². The highest BCUT2D eigenvalue weighted by Crippen LogP contribution is 2.38. The molecule has 3 aromatic rings. The molecule has 4 rings (SSSR count). The van der Waals surface area contributed by atoms with E-state index >= 15 is 0 Å². The van der Waals surface area contributed by atoms with Gasteiger partial charge in [0.2, 0.25) is 0 Å². The number of carbonyl (C=O) groups excluding carboxylic acids is 2. The second-order valence-corrected chi connectivity index (χ2v) is 9.28. The number of benzene rings is 1. The van der Waals surface area contributed by atoms with Crippen molar-refractivity contribution in [3.05, 3.63) is 64.8 Å². The minimum Gasteiger partial charge on any atom is -0.355 e. The van der Waals surface area contributed by atoms with Crippen LogP contribution in [0, 0.1) is 11.3 Å². The molecule has 0 saturated heterocycles. The molecule has 0 fully saturated rings. The molecule has 1 aliphatic heterocycles. The summed E-state index contributed by atoms with van der Waals surface area (Å²) in [5, 5.41) is 16.0. The average molecular weight is 446 g/mol. The summed E-state index contributed by atoms with van der Waals surface area (Å²) >= 11 is 1.45. The maximum Gasteiger partial charge on any atom is 0.255 e. The number of pyridine rings is 1. The lowest BCUT2D eigenvalue weighted by atomic mass is 9.86. The highest BCUT2D eigenvalue weighted by molar-refractivity contribution is 7.19. The standard InChI is InChI=1S/C24H23N5O2S/c1-24(2,13-25)15-7-5-14(6-8-15)19-11-17(21(30)26-3)22(32-19)28-20-10-9-16-18(27-20)12-29(4)23(16)31/h5-11H,12H2,1-4H3,(H,26,30)(H,27,28). The fraction of sp³-hybridized carbons (Fsp3) is 0.250. The first-order valence-corrected chi connectivity index (χ1v) is 11.0. The first-order chi connectivity index (χ1) is 15.2. The zero-order valence-corrected chi connectivity index (χ0v) is 19.1. The van der Waals surface area contributed by atoms with Gasteiger partial charge in [-0.15, -0.1) is 11.3 Å². The highest BCUT2D eigenvalue weighted by Gasteiger charge is 2.26. The quantitative estimate of drug-likeness (QED) is 0.610.